The minimum Gasteiger partial charge on any atom is -0.390 e. The predicted octanol–water partition coefficient (Wildman–Crippen LogP) is 2.67. The van der Waals surface area contributed by atoms with Crippen LogP contribution in [0.4, 0.5) is 0 Å². The summed E-state index contributed by atoms with van der Waals surface area (Å²) >= 11 is 0. The molecule has 0 aliphatic carbocycles. The third-order valence-electron chi connectivity index (χ3n) is 3.36. The second kappa shape index (κ2) is 8.68. The maximum absolute atomic E-state index is 9.95. The van der Waals surface area contributed by atoms with Gasteiger partial charge in [0.25, 0.3) is 0 Å². The molecule has 1 aromatic carbocycles. The fourth-order valence-corrected chi connectivity index (χ4v) is 2.18. The third kappa shape index (κ3) is 5.87. The Labute approximate surface area is 115 Å². The number of nitrogens with zero attached hydrogens (tertiary/aromatic N) is 1. The molecule has 1 unspecified atom stereocenters. The lowest BCUT2D eigenvalue weighted by atomic mass is 9.94. The zero-order chi connectivity index (χ0) is 14.1. The van der Waals surface area contributed by atoms with Crippen LogP contribution in [0, 0.1) is 17.2 Å². The molecule has 3 nitrogen and oxygen atoms in total. The third-order valence-corrected chi connectivity index (χ3v) is 3.36. The van der Waals surface area contributed by atoms with E-state index in [-0.39, 0.29) is 5.92 Å². The van der Waals surface area contributed by atoms with Crippen LogP contribution < -0.4 is 0 Å². The SMILES string of the molecule is CCCC(C#N)CC[C@@H](O)[C@H](O)Cc1ccccc1. The molecule has 19 heavy (non-hydrogen) atoms. The Balaban J connectivity index is 2.36. The number of hydrogen-bond donors (Lipinski definition) is 2. The van der Waals surface area contributed by atoms with Crippen LogP contribution in [-0.4, -0.2) is 22.4 Å². The Morgan fingerprint density at radius 1 is 1.05 bits per heavy atom. The van der Waals surface area contributed by atoms with E-state index in [4.69, 9.17) is 5.26 Å². The van der Waals surface area contributed by atoms with Gasteiger partial charge in [-0.3, -0.25) is 0 Å². The molecular weight excluding hydrogens is 238 g/mol. The van der Waals surface area contributed by atoms with Crippen molar-refractivity contribution in [2.24, 2.45) is 5.92 Å². The van der Waals surface area contributed by atoms with Crippen LogP contribution in [0.5, 0.6) is 0 Å². The average Bonchev–Trinajstić information content (AvgIpc) is 2.44. The standard InChI is InChI=1S/C16H23NO2/c1-2-6-14(12-17)9-10-15(18)16(19)11-13-7-4-3-5-8-13/h3-5,7-8,14-16,18-19H,2,6,9-11H2,1H3/t14?,15-,16-/m1/s1. The summed E-state index contributed by atoms with van der Waals surface area (Å²) in [6.07, 6.45) is 1.89. The lowest BCUT2D eigenvalue weighted by Gasteiger charge is -2.19. The largest absolute Gasteiger partial charge is 0.390 e. The van der Waals surface area contributed by atoms with Crippen molar-refractivity contribution in [3.8, 4) is 6.07 Å². The molecule has 0 spiro atoms. The molecule has 3 atom stereocenters. The van der Waals surface area contributed by atoms with E-state index in [0.717, 1.165) is 18.4 Å². The average molecular weight is 261 g/mol. The zero-order valence-electron chi connectivity index (χ0n) is 11.5. The lowest BCUT2D eigenvalue weighted by Crippen LogP contribution is -2.28. The van der Waals surface area contributed by atoms with Gasteiger partial charge in [0.2, 0.25) is 0 Å². The van der Waals surface area contributed by atoms with Crippen LogP contribution >= 0.6 is 0 Å². The van der Waals surface area contributed by atoms with Gasteiger partial charge in [-0.1, -0.05) is 43.7 Å². The van der Waals surface area contributed by atoms with E-state index in [2.05, 4.69) is 6.07 Å². The van der Waals surface area contributed by atoms with E-state index in [1.165, 1.54) is 0 Å². The van der Waals surface area contributed by atoms with Crippen LogP contribution in [0.15, 0.2) is 30.3 Å². The van der Waals surface area contributed by atoms with Crippen LogP contribution in [0.2, 0.25) is 0 Å². The van der Waals surface area contributed by atoms with Gasteiger partial charge < -0.3 is 10.2 Å². The summed E-state index contributed by atoms with van der Waals surface area (Å²) in [5, 5.41) is 28.8. The van der Waals surface area contributed by atoms with Crippen molar-refractivity contribution in [2.45, 2.75) is 51.2 Å². The fourth-order valence-electron chi connectivity index (χ4n) is 2.18. The van der Waals surface area contributed by atoms with Crippen molar-refractivity contribution in [1.82, 2.24) is 0 Å². The summed E-state index contributed by atoms with van der Waals surface area (Å²) in [5.74, 6) is -0.0106. The van der Waals surface area contributed by atoms with Crippen molar-refractivity contribution < 1.29 is 10.2 Å². The fraction of sp³-hybridized carbons (Fsp3) is 0.562. The van der Waals surface area contributed by atoms with Gasteiger partial charge in [-0.2, -0.15) is 5.26 Å². The van der Waals surface area contributed by atoms with Gasteiger partial charge in [-0.25, -0.2) is 0 Å². The van der Waals surface area contributed by atoms with E-state index in [1.54, 1.807) is 0 Å². The van der Waals surface area contributed by atoms with Crippen molar-refractivity contribution in [1.29, 1.82) is 5.26 Å². The summed E-state index contributed by atoms with van der Waals surface area (Å²) in [6.45, 7) is 2.05. The second-order valence-electron chi connectivity index (χ2n) is 5.02. The quantitative estimate of drug-likeness (QED) is 0.756. The summed E-state index contributed by atoms with van der Waals surface area (Å²) in [6, 6.07) is 11.9. The molecule has 0 saturated carbocycles. The molecule has 3 heteroatoms. The number of aliphatic hydroxyl groups is 2. The first-order valence-electron chi connectivity index (χ1n) is 6.97. The van der Waals surface area contributed by atoms with Gasteiger partial charge in [-0.15, -0.1) is 0 Å². The van der Waals surface area contributed by atoms with E-state index in [0.29, 0.717) is 19.3 Å². The maximum atomic E-state index is 9.95. The zero-order valence-corrected chi connectivity index (χ0v) is 11.5. The van der Waals surface area contributed by atoms with Crippen LogP contribution in [0.1, 0.15) is 38.2 Å². The number of aliphatic hydroxyl groups excluding tert-OH is 2. The summed E-state index contributed by atoms with van der Waals surface area (Å²) in [5.41, 5.74) is 1.01. The van der Waals surface area contributed by atoms with Gasteiger partial charge in [0.1, 0.15) is 0 Å². The first-order chi connectivity index (χ1) is 9.17. The molecule has 0 saturated heterocycles. The molecule has 1 rings (SSSR count). The molecular formula is C16H23NO2. The molecule has 0 fully saturated rings. The molecule has 2 N–H and O–H groups in total. The predicted molar refractivity (Wildman–Crippen MR) is 75.4 cm³/mol. The second-order valence-corrected chi connectivity index (χ2v) is 5.02. The summed E-state index contributed by atoms with van der Waals surface area (Å²) in [7, 11) is 0. The number of nitriles is 1. The van der Waals surface area contributed by atoms with Crippen molar-refractivity contribution in [2.75, 3.05) is 0 Å². The maximum Gasteiger partial charge on any atom is 0.0839 e. The van der Waals surface area contributed by atoms with Gasteiger partial charge in [-0.05, 0) is 24.8 Å². The monoisotopic (exact) mass is 261 g/mol. The van der Waals surface area contributed by atoms with E-state index in [9.17, 15) is 10.2 Å². The smallest absolute Gasteiger partial charge is 0.0839 e. The molecule has 0 amide bonds. The molecule has 1 aromatic rings. The summed E-state index contributed by atoms with van der Waals surface area (Å²) in [4.78, 5) is 0. The van der Waals surface area contributed by atoms with E-state index in [1.807, 2.05) is 37.3 Å². The van der Waals surface area contributed by atoms with Crippen LogP contribution in [-0.2, 0) is 6.42 Å². The number of hydrogen-bond acceptors (Lipinski definition) is 3. The van der Waals surface area contributed by atoms with Crippen molar-refractivity contribution in [3.05, 3.63) is 35.9 Å². The van der Waals surface area contributed by atoms with E-state index >= 15 is 0 Å². The first-order valence-corrected chi connectivity index (χ1v) is 6.97. The van der Waals surface area contributed by atoms with Gasteiger partial charge in [0.15, 0.2) is 0 Å². The molecule has 0 aliphatic rings. The Kier molecular flexibility index (Phi) is 7.17. The van der Waals surface area contributed by atoms with Gasteiger partial charge in [0, 0.05) is 12.3 Å². The molecule has 0 heterocycles. The Bertz CT molecular complexity index is 385. The first kappa shape index (κ1) is 15.7. The Morgan fingerprint density at radius 3 is 2.32 bits per heavy atom. The van der Waals surface area contributed by atoms with Crippen molar-refractivity contribution >= 4 is 0 Å². The highest BCUT2D eigenvalue weighted by Gasteiger charge is 2.18. The number of rotatable bonds is 8. The molecule has 0 bridgehead atoms. The van der Waals surface area contributed by atoms with E-state index < -0.39 is 12.2 Å². The van der Waals surface area contributed by atoms with Crippen molar-refractivity contribution in [3.63, 3.8) is 0 Å². The number of benzene rings is 1. The van der Waals surface area contributed by atoms with Crippen LogP contribution in [0.25, 0.3) is 0 Å². The molecule has 0 aromatic heterocycles. The Hall–Kier alpha value is -1.37. The highest BCUT2D eigenvalue weighted by atomic mass is 16.3. The van der Waals surface area contributed by atoms with Gasteiger partial charge >= 0.3 is 0 Å². The topological polar surface area (TPSA) is 64.2 Å². The highest BCUT2D eigenvalue weighted by molar-refractivity contribution is 5.15. The van der Waals surface area contributed by atoms with Crippen LogP contribution in [0.3, 0.4) is 0 Å². The summed E-state index contributed by atoms with van der Waals surface area (Å²) < 4.78 is 0. The highest BCUT2D eigenvalue weighted by Crippen LogP contribution is 2.16. The normalized spacial score (nSPS) is 15.5. The lowest BCUT2D eigenvalue weighted by molar-refractivity contribution is 0.0124. The Morgan fingerprint density at radius 2 is 1.74 bits per heavy atom. The minimum absolute atomic E-state index is 0.0106. The molecule has 0 radical (unpaired) electrons. The molecule has 0 aliphatic heterocycles. The minimum atomic E-state index is -0.761. The van der Waals surface area contributed by atoms with Gasteiger partial charge in [0.05, 0.1) is 18.3 Å². The molecule has 104 valence electrons.